The fourth-order valence-corrected chi connectivity index (χ4v) is 4.41. The van der Waals surface area contributed by atoms with E-state index in [0.29, 0.717) is 16.8 Å². The number of aromatic carboxylic acids is 1. The van der Waals surface area contributed by atoms with E-state index in [0.717, 1.165) is 15.8 Å². The molecule has 4 aromatic rings. The molecule has 0 atom stereocenters. The van der Waals surface area contributed by atoms with Crippen LogP contribution < -0.4 is 10.2 Å². The Labute approximate surface area is 210 Å². The zero-order valence-corrected chi connectivity index (χ0v) is 19.5. The van der Waals surface area contributed by atoms with E-state index in [9.17, 15) is 18.8 Å². The predicted molar refractivity (Wildman–Crippen MR) is 137 cm³/mol. The van der Waals surface area contributed by atoms with Crippen LogP contribution in [0.4, 0.5) is 10.1 Å². The minimum absolute atomic E-state index is 0.0524. The van der Waals surface area contributed by atoms with E-state index in [4.69, 9.17) is 17.3 Å². The maximum Gasteiger partial charge on any atom is 0.335 e. The lowest BCUT2D eigenvalue weighted by molar-refractivity contribution is -0.122. The first-order valence-corrected chi connectivity index (χ1v) is 11.3. The topological polar surface area (TPSA) is 91.6 Å². The van der Waals surface area contributed by atoms with Gasteiger partial charge in [0.15, 0.2) is 5.11 Å². The Balaban J connectivity index is 1.55. The Morgan fingerprint density at radius 1 is 1.00 bits per heavy atom. The second-order valence-electron chi connectivity index (χ2n) is 8.13. The highest BCUT2D eigenvalue weighted by molar-refractivity contribution is 7.80. The number of nitrogens with one attached hydrogen (secondary N) is 1. The third kappa shape index (κ3) is 4.16. The minimum Gasteiger partial charge on any atom is -0.478 e. The number of carbonyl (C=O) groups is 3. The highest BCUT2D eigenvalue weighted by Gasteiger charge is 2.34. The number of para-hydroxylation sites is 1. The number of anilines is 1. The number of benzene rings is 3. The lowest BCUT2D eigenvalue weighted by atomic mass is 10.1. The number of hydrogen-bond acceptors (Lipinski definition) is 4. The third-order valence-electron chi connectivity index (χ3n) is 5.89. The summed E-state index contributed by atoms with van der Waals surface area (Å²) in [6.45, 7) is 0.267. The second kappa shape index (κ2) is 9.20. The third-order valence-corrected chi connectivity index (χ3v) is 6.18. The molecule has 3 aromatic carbocycles. The number of halogens is 1. The summed E-state index contributed by atoms with van der Waals surface area (Å²) in [7, 11) is 0. The van der Waals surface area contributed by atoms with Crippen molar-refractivity contribution >= 4 is 57.8 Å². The normalized spacial score (nSPS) is 15.0. The van der Waals surface area contributed by atoms with E-state index >= 15 is 0 Å². The van der Waals surface area contributed by atoms with Crippen molar-refractivity contribution in [3.8, 4) is 0 Å². The summed E-state index contributed by atoms with van der Waals surface area (Å²) < 4.78 is 16.2. The molecule has 2 N–H and O–H groups in total. The summed E-state index contributed by atoms with van der Waals surface area (Å²) in [5.74, 6) is -2.71. The first-order valence-electron chi connectivity index (χ1n) is 10.9. The van der Waals surface area contributed by atoms with Crippen molar-refractivity contribution in [3.05, 3.63) is 107 Å². The number of carboxylic acid groups (broad SMARTS) is 1. The van der Waals surface area contributed by atoms with E-state index < -0.39 is 17.8 Å². The van der Waals surface area contributed by atoms with Crippen molar-refractivity contribution in [2.75, 3.05) is 4.90 Å². The van der Waals surface area contributed by atoms with Gasteiger partial charge in [0.1, 0.15) is 11.4 Å². The average Bonchev–Trinajstić information content (AvgIpc) is 3.20. The van der Waals surface area contributed by atoms with Gasteiger partial charge < -0.3 is 9.67 Å². The van der Waals surface area contributed by atoms with Crippen LogP contribution in [0.1, 0.15) is 21.5 Å². The quantitative estimate of drug-likeness (QED) is 0.242. The molecule has 7 nitrogen and oxygen atoms in total. The molecule has 178 valence electrons. The molecule has 9 heteroatoms. The summed E-state index contributed by atoms with van der Waals surface area (Å²) in [6, 6.07) is 19.5. The van der Waals surface area contributed by atoms with Gasteiger partial charge in [-0.25, -0.2) is 9.18 Å². The number of amides is 2. The van der Waals surface area contributed by atoms with Crippen molar-refractivity contribution < 1.29 is 23.9 Å². The van der Waals surface area contributed by atoms with Gasteiger partial charge >= 0.3 is 5.97 Å². The van der Waals surface area contributed by atoms with E-state index in [2.05, 4.69) is 5.32 Å². The Kier molecular flexibility index (Phi) is 5.91. The van der Waals surface area contributed by atoms with Gasteiger partial charge in [-0.15, -0.1) is 0 Å². The Morgan fingerprint density at radius 2 is 1.69 bits per heavy atom. The van der Waals surface area contributed by atoms with Crippen LogP contribution in [0, 0.1) is 5.82 Å². The molecule has 0 saturated carbocycles. The van der Waals surface area contributed by atoms with E-state index in [-0.39, 0.29) is 28.6 Å². The van der Waals surface area contributed by atoms with Gasteiger partial charge in [-0.2, -0.15) is 0 Å². The zero-order chi connectivity index (χ0) is 25.4. The molecule has 1 aromatic heterocycles. The number of carbonyl (C=O) groups excluding carboxylic acids is 2. The maximum atomic E-state index is 14.3. The van der Waals surface area contributed by atoms with Gasteiger partial charge in [-0.3, -0.25) is 19.8 Å². The highest BCUT2D eigenvalue weighted by Crippen LogP contribution is 2.27. The Morgan fingerprint density at radius 3 is 2.42 bits per heavy atom. The minimum atomic E-state index is -1.10. The summed E-state index contributed by atoms with van der Waals surface area (Å²) in [5, 5.41) is 12.3. The van der Waals surface area contributed by atoms with Gasteiger partial charge in [-0.05, 0) is 54.7 Å². The second-order valence-corrected chi connectivity index (χ2v) is 8.52. The maximum absolute atomic E-state index is 14.3. The van der Waals surface area contributed by atoms with Gasteiger partial charge in [-0.1, -0.05) is 36.4 Å². The van der Waals surface area contributed by atoms with Crippen molar-refractivity contribution in [3.63, 3.8) is 0 Å². The number of aromatic nitrogens is 1. The first kappa shape index (κ1) is 23.1. The SMILES string of the molecule is O=C1NC(=S)N(c2ccc(C(=O)O)cc2)C(=O)C1=Cc1cn(Cc2ccccc2F)c2ccccc12. The lowest BCUT2D eigenvalue weighted by Crippen LogP contribution is -2.54. The fraction of sp³-hybridized carbons (Fsp3) is 0.0370. The molecule has 0 unspecified atom stereocenters. The standard InChI is InChI=1S/C27H18FN3O4S/c28-22-7-3-1-5-17(22)14-30-15-18(20-6-2-4-8-23(20)30)13-21-24(32)29-27(36)31(25(21)33)19-11-9-16(10-12-19)26(34)35/h1-13,15H,14H2,(H,34,35)(H,29,32,36). The van der Waals surface area contributed by atoms with Crippen LogP contribution in [0.15, 0.2) is 84.6 Å². The van der Waals surface area contributed by atoms with E-state index in [1.165, 1.54) is 36.4 Å². The van der Waals surface area contributed by atoms with Crippen molar-refractivity contribution in [1.29, 1.82) is 0 Å². The van der Waals surface area contributed by atoms with Crippen LogP contribution in [0.3, 0.4) is 0 Å². The molecule has 0 aliphatic carbocycles. The molecule has 2 heterocycles. The summed E-state index contributed by atoms with van der Waals surface area (Å²) in [5.41, 5.74) is 2.16. The number of fused-ring (bicyclic) bond motifs is 1. The van der Waals surface area contributed by atoms with Crippen LogP contribution in [-0.4, -0.2) is 32.6 Å². The van der Waals surface area contributed by atoms with E-state index in [1.54, 1.807) is 24.4 Å². The van der Waals surface area contributed by atoms with Crippen LogP contribution >= 0.6 is 12.2 Å². The molecule has 0 spiro atoms. The Hall–Kier alpha value is -4.63. The fourth-order valence-electron chi connectivity index (χ4n) is 4.13. The summed E-state index contributed by atoms with van der Waals surface area (Å²) in [6.07, 6.45) is 3.25. The molecule has 1 saturated heterocycles. The number of nitrogens with zero attached hydrogens (tertiary/aromatic N) is 2. The largest absolute Gasteiger partial charge is 0.478 e. The monoisotopic (exact) mass is 499 g/mol. The molecule has 0 bridgehead atoms. The first-order chi connectivity index (χ1) is 17.3. The molecular weight excluding hydrogens is 481 g/mol. The van der Waals surface area contributed by atoms with E-state index in [1.807, 2.05) is 28.8 Å². The predicted octanol–water partition coefficient (Wildman–Crippen LogP) is 4.36. The van der Waals surface area contributed by atoms with Crippen molar-refractivity contribution in [2.45, 2.75) is 6.54 Å². The smallest absolute Gasteiger partial charge is 0.335 e. The molecule has 36 heavy (non-hydrogen) atoms. The van der Waals surface area contributed by atoms with Crippen LogP contribution in [0.5, 0.6) is 0 Å². The number of thiocarbonyl (C=S) groups is 1. The molecule has 5 rings (SSSR count). The van der Waals surface area contributed by atoms with Crippen molar-refractivity contribution in [1.82, 2.24) is 9.88 Å². The number of carboxylic acids is 1. The number of rotatable bonds is 5. The molecule has 2 amide bonds. The summed E-state index contributed by atoms with van der Waals surface area (Å²) >= 11 is 5.22. The highest BCUT2D eigenvalue weighted by atomic mass is 32.1. The van der Waals surface area contributed by atoms with Crippen LogP contribution in [0.2, 0.25) is 0 Å². The van der Waals surface area contributed by atoms with Crippen LogP contribution in [-0.2, 0) is 16.1 Å². The average molecular weight is 500 g/mol. The zero-order valence-electron chi connectivity index (χ0n) is 18.6. The molecule has 0 radical (unpaired) electrons. The lowest BCUT2D eigenvalue weighted by Gasteiger charge is -2.28. The van der Waals surface area contributed by atoms with Gasteiger partial charge in [0, 0.05) is 28.2 Å². The molecular formula is C27H18FN3O4S. The molecule has 1 fully saturated rings. The molecule has 1 aliphatic rings. The van der Waals surface area contributed by atoms with Crippen molar-refractivity contribution in [2.24, 2.45) is 0 Å². The van der Waals surface area contributed by atoms with Crippen LogP contribution in [0.25, 0.3) is 17.0 Å². The summed E-state index contributed by atoms with van der Waals surface area (Å²) in [4.78, 5) is 38.5. The van der Waals surface area contributed by atoms with Gasteiger partial charge in [0.25, 0.3) is 11.8 Å². The molecule has 1 aliphatic heterocycles. The number of hydrogen-bond donors (Lipinski definition) is 2. The van der Waals surface area contributed by atoms with Gasteiger partial charge in [0.2, 0.25) is 0 Å². The Bertz CT molecular complexity index is 1590. The van der Waals surface area contributed by atoms with Gasteiger partial charge in [0.05, 0.1) is 17.8 Å².